The minimum absolute atomic E-state index is 0.0754. The molecule has 5 rings (SSSR count). The molecule has 2 aromatic heterocycles. The minimum Gasteiger partial charge on any atom is -0.337 e. The summed E-state index contributed by atoms with van der Waals surface area (Å²) in [6.07, 6.45) is 0.759. The molecule has 5 nitrogen and oxygen atoms in total. The number of anilines is 1. The number of nitrogens with zero attached hydrogens (tertiary/aromatic N) is 2. The number of benzene rings is 2. The van der Waals surface area contributed by atoms with Gasteiger partial charge in [0.15, 0.2) is 0 Å². The lowest BCUT2D eigenvalue weighted by Gasteiger charge is -2.26. The Balaban J connectivity index is 1.55. The van der Waals surface area contributed by atoms with Crippen molar-refractivity contribution >= 4 is 61.5 Å². The van der Waals surface area contributed by atoms with Gasteiger partial charge in [-0.05, 0) is 48.1 Å². The number of hydrogen-bond donors (Lipinski definition) is 1. The van der Waals surface area contributed by atoms with Crippen LogP contribution in [0.2, 0.25) is 0 Å². The molecule has 0 bridgehead atoms. The normalized spacial score (nSPS) is 13.2. The maximum atomic E-state index is 13.2. The number of thioether (sulfide) groups is 1. The van der Waals surface area contributed by atoms with Gasteiger partial charge in [0.25, 0.3) is 5.91 Å². The van der Waals surface area contributed by atoms with Crippen molar-refractivity contribution in [2.45, 2.75) is 31.7 Å². The number of carbonyl (C=O) groups is 2. The van der Waals surface area contributed by atoms with Crippen molar-refractivity contribution in [2.24, 2.45) is 0 Å². The fourth-order valence-corrected chi connectivity index (χ4v) is 7.12. The summed E-state index contributed by atoms with van der Waals surface area (Å²) in [5.41, 5.74) is 3.80. The lowest BCUT2D eigenvalue weighted by molar-refractivity contribution is -0.129. The summed E-state index contributed by atoms with van der Waals surface area (Å²) in [4.78, 5) is 34.2. The Hall–Kier alpha value is -2.68. The Labute approximate surface area is 204 Å². The van der Waals surface area contributed by atoms with E-state index in [4.69, 9.17) is 4.98 Å². The Bertz CT molecular complexity index is 1330. The van der Waals surface area contributed by atoms with E-state index in [2.05, 4.69) is 18.3 Å². The molecule has 1 aliphatic heterocycles. The van der Waals surface area contributed by atoms with Gasteiger partial charge in [0.1, 0.15) is 10.0 Å². The van der Waals surface area contributed by atoms with E-state index >= 15 is 0 Å². The first-order valence-corrected chi connectivity index (χ1v) is 13.5. The van der Waals surface area contributed by atoms with E-state index in [1.54, 1.807) is 41.4 Å². The monoisotopic (exact) mass is 493 g/mol. The molecular formula is C25H23N3O2S3. The first-order chi connectivity index (χ1) is 16.0. The second kappa shape index (κ2) is 9.29. The Morgan fingerprint density at radius 1 is 1.15 bits per heavy atom. The number of thiazole rings is 1. The van der Waals surface area contributed by atoms with Crippen LogP contribution in [0.3, 0.4) is 0 Å². The Morgan fingerprint density at radius 2 is 2.00 bits per heavy atom. The van der Waals surface area contributed by atoms with E-state index in [9.17, 15) is 9.59 Å². The van der Waals surface area contributed by atoms with E-state index in [0.717, 1.165) is 47.7 Å². The molecular weight excluding hydrogens is 470 g/mol. The topological polar surface area (TPSA) is 62.3 Å². The second-order valence-corrected chi connectivity index (χ2v) is 11.3. The molecule has 3 heterocycles. The lowest BCUT2D eigenvalue weighted by atomic mass is 10.0. The maximum Gasteiger partial charge on any atom is 0.256 e. The summed E-state index contributed by atoms with van der Waals surface area (Å²) in [5, 5.41) is 4.89. The summed E-state index contributed by atoms with van der Waals surface area (Å²) < 4.78 is 1.12. The molecule has 4 aromatic rings. The number of thiophene rings is 1. The highest BCUT2D eigenvalue weighted by Gasteiger charge is 2.28. The first kappa shape index (κ1) is 22.1. The lowest BCUT2D eigenvalue weighted by Crippen LogP contribution is -2.33. The van der Waals surface area contributed by atoms with Crippen LogP contribution < -0.4 is 5.32 Å². The van der Waals surface area contributed by atoms with Gasteiger partial charge in [-0.2, -0.15) is 0 Å². The van der Waals surface area contributed by atoms with Crippen LogP contribution in [0.1, 0.15) is 34.6 Å². The number of aromatic nitrogens is 1. The van der Waals surface area contributed by atoms with Gasteiger partial charge in [-0.25, -0.2) is 4.98 Å². The highest BCUT2D eigenvalue weighted by molar-refractivity contribution is 7.99. The minimum atomic E-state index is -0.127. The number of hydrogen-bond acceptors (Lipinski definition) is 6. The summed E-state index contributed by atoms with van der Waals surface area (Å²) >= 11 is 4.92. The average Bonchev–Trinajstić information content (AvgIpc) is 3.39. The third-order valence-electron chi connectivity index (χ3n) is 5.64. The van der Waals surface area contributed by atoms with Crippen molar-refractivity contribution in [3.05, 3.63) is 64.5 Å². The van der Waals surface area contributed by atoms with Gasteiger partial charge in [0, 0.05) is 34.4 Å². The van der Waals surface area contributed by atoms with Crippen LogP contribution in [0.25, 0.3) is 20.8 Å². The molecule has 0 saturated heterocycles. The summed E-state index contributed by atoms with van der Waals surface area (Å²) in [7, 11) is 0. The molecule has 0 atom stereocenters. The zero-order valence-corrected chi connectivity index (χ0v) is 20.8. The molecule has 168 valence electrons. The highest BCUT2D eigenvalue weighted by atomic mass is 32.2. The SMILES string of the molecule is CCSc1cccc(C(=O)Nc2sc3c(c2-c2nc4ccccc4s2)CCN(C(C)=O)C3)c1. The molecule has 33 heavy (non-hydrogen) atoms. The Morgan fingerprint density at radius 3 is 2.79 bits per heavy atom. The van der Waals surface area contributed by atoms with Crippen LogP contribution in [0.5, 0.6) is 0 Å². The predicted octanol–water partition coefficient (Wildman–Crippen LogP) is 6.29. The van der Waals surface area contributed by atoms with Crippen molar-refractivity contribution in [1.29, 1.82) is 0 Å². The third kappa shape index (κ3) is 4.43. The molecule has 2 amide bonds. The van der Waals surface area contributed by atoms with Crippen LogP contribution in [-0.2, 0) is 17.8 Å². The van der Waals surface area contributed by atoms with Crippen LogP contribution in [0, 0.1) is 0 Å². The largest absolute Gasteiger partial charge is 0.337 e. The molecule has 0 saturated carbocycles. The van der Waals surface area contributed by atoms with Gasteiger partial charge in [0.2, 0.25) is 5.91 Å². The van der Waals surface area contributed by atoms with Crippen molar-refractivity contribution in [2.75, 3.05) is 17.6 Å². The van der Waals surface area contributed by atoms with Crippen molar-refractivity contribution < 1.29 is 9.59 Å². The third-order valence-corrected chi connectivity index (χ3v) is 8.71. The zero-order valence-electron chi connectivity index (χ0n) is 18.4. The van der Waals surface area contributed by atoms with E-state index < -0.39 is 0 Å². The smallest absolute Gasteiger partial charge is 0.256 e. The molecule has 0 spiro atoms. The molecule has 0 fully saturated rings. The van der Waals surface area contributed by atoms with Crippen LogP contribution in [0.4, 0.5) is 5.00 Å². The maximum absolute atomic E-state index is 13.2. The fraction of sp³-hybridized carbons (Fsp3) is 0.240. The molecule has 0 aliphatic carbocycles. The standard InChI is InChI=1S/C25H23N3O2S3/c1-3-31-17-8-6-7-16(13-17)23(30)27-25-22(24-26-19-9-4-5-10-20(19)32-24)18-11-12-28(15(2)29)14-21(18)33-25/h4-10,13H,3,11-12,14H2,1-2H3,(H,27,30). The molecule has 1 aliphatic rings. The molecule has 8 heteroatoms. The quantitative estimate of drug-likeness (QED) is 0.332. The van der Waals surface area contributed by atoms with Gasteiger partial charge in [-0.15, -0.1) is 34.4 Å². The average molecular weight is 494 g/mol. The van der Waals surface area contributed by atoms with Crippen molar-refractivity contribution in [3.63, 3.8) is 0 Å². The van der Waals surface area contributed by atoms with Crippen molar-refractivity contribution in [3.8, 4) is 10.6 Å². The van der Waals surface area contributed by atoms with Gasteiger partial charge in [0.05, 0.1) is 16.8 Å². The van der Waals surface area contributed by atoms with Gasteiger partial charge in [-0.1, -0.05) is 25.1 Å². The fourth-order valence-electron chi connectivity index (χ4n) is 4.03. The second-order valence-electron chi connectivity index (χ2n) is 7.80. The Kier molecular flexibility index (Phi) is 6.23. The van der Waals surface area contributed by atoms with E-state index in [1.807, 2.05) is 47.4 Å². The van der Waals surface area contributed by atoms with Crippen molar-refractivity contribution in [1.82, 2.24) is 9.88 Å². The summed E-state index contributed by atoms with van der Waals surface area (Å²) in [6, 6.07) is 15.8. The molecule has 0 unspecified atom stereocenters. The van der Waals surface area contributed by atoms with Gasteiger partial charge < -0.3 is 10.2 Å². The van der Waals surface area contributed by atoms with E-state index in [-0.39, 0.29) is 11.8 Å². The first-order valence-electron chi connectivity index (χ1n) is 10.8. The van der Waals surface area contributed by atoms with Crippen LogP contribution >= 0.6 is 34.4 Å². The van der Waals surface area contributed by atoms with Crippen LogP contribution in [0.15, 0.2) is 53.4 Å². The zero-order chi connectivity index (χ0) is 22.9. The number of carbonyl (C=O) groups excluding carboxylic acids is 2. The molecule has 0 radical (unpaired) electrons. The molecule has 1 N–H and O–H groups in total. The number of amides is 2. The predicted molar refractivity (Wildman–Crippen MR) is 139 cm³/mol. The van der Waals surface area contributed by atoms with E-state index in [1.165, 1.54) is 5.56 Å². The van der Waals surface area contributed by atoms with Gasteiger partial charge in [-0.3, -0.25) is 9.59 Å². The van der Waals surface area contributed by atoms with Gasteiger partial charge >= 0.3 is 0 Å². The van der Waals surface area contributed by atoms with E-state index in [0.29, 0.717) is 18.7 Å². The summed E-state index contributed by atoms with van der Waals surface area (Å²) in [5.74, 6) is 0.904. The number of rotatable bonds is 5. The van der Waals surface area contributed by atoms with Crippen LogP contribution in [-0.4, -0.2) is 34.0 Å². The number of nitrogens with one attached hydrogen (secondary N) is 1. The highest BCUT2D eigenvalue weighted by Crippen LogP contribution is 2.45. The molecule has 2 aromatic carbocycles. The number of fused-ring (bicyclic) bond motifs is 2. The number of para-hydroxylation sites is 1. The summed E-state index contributed by atoms with van der Waals surface area (Å²) in [6.45, 7) is 4.96.